The van der Waals surface area contributed by atoms with Crippen LogP contribution in [0.2, 0.25) is 0 Å². The fourth-order valence-corrected chi connectivity index (χ4v) is 3.40. The normalized spacial score (nSPS) is 26.0. The van der Waals surface area contributed by atoms with Gasteiger partial charge in [-0.25, -0.2) is 13.2 Å². The lowest BCUT2D eigenvalue weighted by Crippen LogP contribution is -2.20. The van der Waals surface area contributed by atoms with Crippen molar-refractivity contribution >= 4 is 0 Å². The van der Waals surface area contributed by atoms with E-state index in [-0.39, 0.29) is 31.1 Å². The van der Waals surface area contributed by atoms with Crippen LogP contribution < -0.4 is 15.4 Å². The number of alkyl halides is 2. The van der Waals surface area contributed by atoms with E-state index in [9.17, 15) is 13.2 Å². The third-order valence-corrected chi connectivity index (χ3v) is 4.96. The van der Waals surface area contributed by atoms with Gasteiger partial charge < -0.3 is 15.4 Å². The van der Waals surface area contributed by atoms with Gasteiger partial charge >= 0.3 is 0 Å². The van der Waals surface area contributed by atoms with Crippen molar-refractivity contribution in [2.45, 2.75) is 70.1 Å². The van der Waals surface area contributed by atoms with Crippen LogP contribution in [0.4, 0.5) is 13.2 Å². The lowest BCUT2D eigenvalue weighted by molar-refractivity contribution is -0.00135. The third kappa shape index (κ3) is 4.41. The molecule has 0 saturated heterocycles. The topological polar surface area (TPSA) is 33.3 Å². The summed E-state index contributed by atoms with van der Waals surface area (Å²) < 4.78 is 46.2. The zero-order chi connectivity index (χ0) is 18.0. The van der Waals surface area contributed by atoms with Crippen molar-refractivity contribution in [2.24, 2.45) is 0 Å². The lowest BCUT2D eigenvalue weighted by atomic mass is 10.1. The molecule has 6 heteroatoms. The summed E-state index contributed by atoms with van der Waals surface area (Å²) in [7, 11) is 0. The van der Waals surface area contributed by atoms with Crippen LogP contribution in [0, 0.1) is 5.82 Å². The van der Waals surface area contributed by atoms with E-state index >= 15 is 0 Å². The average Bonchev–Trinajstić information content (AvgIpc) is 3.15. The molecule has 1 aromatic carbocycles. The SMILES string of the molecule is CCC1CC(NC(C)c2ccc(OC3CCC(F)(F)C3)c(F)c2)=CN1. The number of nitrogens with one attached hydrogen (secondary N) is 2. The second-order valence-corrected chi connectivity index (χ2v) is 7.04. The smallest absolute Gasteiger partial charge is 0.251 e. The van der Waals surface area contributed by atoms with E-state index in [1.165, 1.54) is 12.1 Å². The van der Waals surface area contributed by atoms with Crippen LogP contribution in [0.5, 0.6) is 5.75 Å². The standard InChI is InChI=1S/C19H25F3N2O/c1-3-14-9-15(11-23-14)24-12(2)13-4-5-18(17(20)8-13)25-16-6-7-19(21,22)10-16/h4-5,8,11-12,14,16,23-24H,3,6-7,9-10H2,1-2H3. The maximum absolute atomic E-state index is 14.3. The summed E-state index contributed by atoms with van der Waals surface area (Å²) in [6, 6.07) is 5.13. The molecule has 3 atom stereocenters. The zero-order valence-corrected chi connectivity index (χ0v) is 14.6. The van der Waals surface area contributed by atoms with Crippen LogP contribution in [-0.4, -0.2) is 18.1 Å². The van der Waals surface area contributed by atoms with E-state index in [2.05, 4.69) is 17.6 Å². The van der Waals surface area contributed by atoms with Crippen molar-refractivity contribution in [3.8, 4) is 5.75 Å². The predicted molar refractivity (Wildman–Crippen MR) is 91.1 cm³/mol. The van der Waals surface area contributed by atoms with E-state index in [1.54, 1.807) is 6.07 Å². The van der Waals surface area contributed by atoms with Gasteiger partial charge in [0.25, 0.3) is 5.92 Å². The number of ether oxygens (including phenoxy) is 1. The maximum atomic E-state index is 14.3. The summed E-state index contributed by atoms with van der Waals surface area (Å²) in [6.07, 6.45) is 3.06. The molecule has 25 heavy (non-hydrogen) atoms. The fourth-order valence-electron chi connectivity index (χ4n) is 3.40. The van der Waals surface area contributed by atoms with Gasteiger partial charge in [0.15, 0.2) is 11.6 Å². The summed E-state index contributed by atoms with van der Waals surface area (Å²) in [5, 5.41) is 6.68. The molecular formula is C19H25F3N2O. The van der Waals surface area contributed by atoms with E-state index < -0.39 is 17.8 Å². The molecule has 0 aromatic heterocycles. The summed E-state index contributed by atoms with van der Waals surface area (Å²) in [5.41, 5.74) is 1.90. The van der Waals surface area contributed by atoms with Gasteiger partial charge in [-0.15, -0.1) is 0 Å². The Morgan fingerprint density at radius 3 is 2.80 bits per heavy atom. The van der Waals surface area contributed by atoms with Gasteiger partial charge in [0, 0.05) is 43.2 Å². The van der Waals surface area contributed by atoms with E-state index in [1.807, 2.05) is 13.1 Å². The highest BCUT2D eigenvalue weighted by molar-refractivity contribution is 5.32. The molecule has 0 amide bonds. The summed E-state index contributed by atoms with van der Waals surface area (Å²) in [5.74, 6) is -3.16. The molecule has 2 aliphatic rings. The van der Waals surface area contributed by atoms with Gasteiger partial charge in [0.05, 0.1) is 0 Å². The number of halogens is 3. The highest BCUT2D eigenvalue weighted by Gasteiger charge is 2.40. The van der Waals surface area contributed by atoms with Crippen LogP contribution >= 0.6 is 0 Å². The van der Waals surface area contributed by atoms with E-state index in [4.69, 9.17) is 4.74 Å². The molecule has 0 bridgehead atoms. The predicted octanol–water partition coefficient (Wildman–Crippen LogP) is 4.66. The molecule has 1 heterocycles. The van der Waals surface area contributed by atoms with Crippen molar-refractivity contribution in [1.29, 1.82) is 0 Å². The second kappa shape index (κ2) is 7.18. The van der Waals surface area contributed by atoms with Crippen LogP contribution in [0.1, 0.15) is 57.6 Å². The Bertz CT molecular complexity index is 648. The summed E-state index contributed by atoms with van der Waals surface area (Å²) in [6.45, 7) is 4.10. The molecule has 2 N–H and O–H groups in total. The molecule has 1 aliphatic carbocycles. The molecule has 3 unspecified atom stereocenters. The summed E-state index contributed by atoms with van der Waals surface area (Å²) >= 11 is 0. The van der Waals surface area contributed by atoms with Crippen molar-refractivity contribution in [1.82, 2.24) is 10.6 Å². The molecule has 1 fully saturated rings. The van der Waals surface area contributed by atoms with E-state index in [0.29, 0.717) is 6.04 Å². The molecule has 1 saturated carbocycles. The minimum atomic E-state index is -2.70. The Hall–Kier alpha value is -1.85. The molecule has 3 rings (SSSR count). The monoisotopic (exact) mass is 354 g/mol. The molecule has 1 aliphatic heterocycles. The number of hydrogen-bond donors (Lipinski definition) is 2. The van der Waals surface area contributed by atoms with Crippen molar-refractivity contribution < 1.29 is 17.9 Å². The van der Waals surface area contributed by atoms with Crippen molar-refractivity contribution in [2.75, 3.05) is 0 Å². The quantitative estimate of drug-likeness (QED) is 0.780. The van der Waals surface area contributed by atoms with Crippen LogP contribution in [0.25, 0.3) is 0 Å². The van der Waals surface area contributed by atoms with Crippen LogP contribution in [0.3, 0.4) is 0 Å². The number of benzene rings is 1. The number of hydrogen-bond acceptors (Lipinski definition) is 3. The zero-order valence-electron chi connectivity index (χ0n) is 14.6. The highest BCUT2D eigenvalue weighted by Crippen LogP contribution is 2.37. The van der Waals surface area contributed by atoms with Gasteiger partial charge in [-0.1, -0.05) is 13.0 Å². The molecule has 3 nitrogen and oxygen atoms in total. The Labute approximate surface area is 146 Å². The fraction of sp³-hybridized carbons (Fsp3) is 0.579. The van der Waals surface area contributed by atoms with Crippen molar-refractivity contribution in [3.05, 3.63) is 41.5 Å². The van der Waals surface area contributed by atoms with Gasteiger partial charge in [-0.3, -0.25) is 0 Å². The van der Waals surface area contributed by atoms with Crippen LogP contribution in [-0.2, 0) is 0 Å². The molecule has 138 valence electrons. The van der Waals surface area contributed by atoms with Crippen molar-refractivity contribution in [3.63, 3.8) is 0 Å². The minimum absolute atomic E-state index is 0.0476. The van der Waals surface area contributed by atoms with Crippen LogP contribution in [0.15, 0.2) is 30.1 Å². The Morgan fingerprint density at radius 1 is 1.40 bits per heavy atom. The first-order chi connectivity index (χ1) is 11.9. The van der Waals surface area contributed by atoms with Gasteiger partial charge in [0.2, 0.25) is 0 Å². The van der Waals surface area contributed by atoms with Gasteiger partial charge in [0.1, 0.15) is 6.10 Å². The molecule has 0 spiro atoms. The third-order valence-electron chi connectivity index (χ3n) is 4.96. The first-order valence-electron chi connectivity index (χ1n) is 8.92. The maximum Gasteiger partial charge on any atom is 0.251 e. The first-order valence-corrected chi connectivity index (χ1v) is 8.92. The second-order valence-electron chi connectivity index (χ2n) is 7.04. The Kier molecular flexibility index (Phi) is 5.16. The number of rotatable bonds is 6. The lowest BCUT2D eigenvalue weighted by Gasteiger charge is -2.19. The highest BCUT2D eigenvalue weighted by atomic mass is 19.3. The van der Waals surface area contributed by atoms with Gasteiger partial charge in [-0.2, -0.15) is 0 Å². The minimum Gasteiger partial charge on any atom is -0.487 e. The summed E-state index contributed by atoms with van der Waals surface area (Å²) in [4.78, 5) is 0. The van der Waals surface area contributed by atoms with E-state index in [0.717, 1.165) is 24.1 Å². The largest absolute Gasteiger partial charge is 0.487 e. The van der Waals surface area contributed by atoms with Gasteiger partial charge in [-0.05, 0) is 37.5 Å². The molecule has 1 aromatic rings. The molecular weight excluding hydrogens is 329 g/mol. The Balaban J connectivity index is 1.59. The first kappa shape index (κ1) is 18.0. The average molecular weight is 354 g/mol. The molecule has 0 radical (unpaired) electrons. The Morgan fingerprint density at radius 2 is 2.20 bits per heavy atom.